The Morgan fingerprint density at radius 3 is 2.33 bits per heavy atom. The lowest BCUT2D eigenvalue weighted by Gasteiger charge is -2.13. The summed E-state index contributed by atoms with van der Waals surface area (Å²) in [6.45, 7) is 3.78. The number of carbonyl (C=O) groups excluding carboxylic acids is 1. The normalized spacial score (nSPS) is 10.4. The van der Waals surface area contributed by atoms with Crippen molar-refractivity contribution in [2.75, 3.05) is 17.7 Å². The first-order chi connectivity index (χ1) is 13.0. The van der Waals surface area contributed by atoms with E-state index >= 15 is 0 Å². The number of ether oxygens (including phenoxy) is 1. The highest BCUT2D eigenvalue weighted by Gasteiger charge is 2.12. The van der Waals surface area contributed by atoms with Crippen LogP contribution in [0.1, 0.15) is 21.7 Å². The minimum Gasteiger partial charge on any atom is -0.465 e. The van der Waals surface area contributed by atoms with Crippen molar-refractivity contribution in [3.8, 4) is 0 Å². The molecule has 2 aromatic carbocycles. The van der Waals surface area contributed by atoms with Crippen LogP contribution < -0.4 is 10.6 Å². The van der Waals surface area contributed by atoms with E-state index < -0.39 is 5.97 Å². The average Bonchev–Trinajstić information content (AvgIpc) is 2.64. The second kappa shape index (κ2) is 8.05. The Morgan fingerprint density at radius 1 is 0.963 bits per heavy atom. The van der Waals surface area contributed by atoms with E-state index in [1.807, 2.05) is 31.2 Å². The molecule has 6 nitrogen and oxygen atoms in total. The van der Waals surface area contributed by atoms with E-state index in [9.17, 15) is 4.79 Å². The number of para-hydroxylation sites is 1. The highest BCUT2D eigenvalue weighted by Crippen LogP contribution is 2.26. The molecule has 0 unspecified atom stereocenters. The zero-order valence-electron chi connectivity index (χ0n) is 15.2. The number of hydrogen-bond acceptors (Lipinski definition) is 6. The second-order valence-electron chi connectivity index (χ2n) is 5.93. The number of aryl methyl sites for hydroxylation is 2. The van der Waals surface area contributed by atoms with Gasteiger partial charge >= 0.3 is 5.97 Å². The molecule has 0 aliphatic rings. The Labute approximate surface area is 162 Å². The first kappa shape index (κ1) is 18.7. The van der Waals surface area contributed by atoms with E-state index in [1.54, 1.807) is 31.2 Å². The van der Waals surface area contributed by atoms with Crippen LogP contribution in [0.15, 0.2) is 48.5 Å². The predicted molar refractivity (Wildman–Crippen MR) is 107 cm³/mol. The monoisotopic (exact) mass is 382 g/mol. The quantitative estimate of drug-likeness (QED) is 0.603. The van der Waals surface area contributed by atoms with Gasteiger partial charge in [-0.3, -0.25) is 0 Å². The number of carbonyl (C=O) groups is 1. The van der Waals surface area contributed by atoms with Gasteiger partial charge in [0.15, 0.2) is 0 Å². The van der Waals surface area contributed by atoms with Gasteiger partial charge in [0.1, 0.15) is 17.5 Å². The predicted octanol–water partition coefficient (Wildman–Crippen LogP) is 5.02. The van der Waals surface area contributed by atoms with Gasteiger partial charge in [-0.2, -0.15) is 0 Å². The summed E-state index contributed by atoms with van der Waals surface area (Å²) in [5.41, 5.74) is 2.94. The molecule has 0 spiro atoms. The zero-order valence-corrected chi connectivity index (χ0v) is 16.0. The molecule has 0 amide bonds. The number of nitrogens with zero attached hydrogens (tertiary/aromatic N) is 2. The molecule has 0 saturated carbocycles. The molecule has 2 N–H and O–H groups in total. The van der Waals surface area contributed by atoms with Crippen molar-refractivity contribution in [1.82, 2.24) is 9.97 Å². The summed E-state index contributed by atoms with van der Waals surface area (Å²) in [5.74, 6) is 1.33. The van der Waals surface area contributed by atoms with E-state index in [2.05, 4.69) is 20.6 Å². The summed E-state index contributed by atoms with van der Waals surface area (Å²) in [7, 11) is 1.35. The van der Waals surface area contributed by atoms with Gasteiger partial charge in [0.05, 0.1) is 18.4 Å². The molecule has 0 radical (unpaired) electrons. The van der Waals surface area contributed by atoms with Crippen LogP contribution >= 0.6 is 11.6 Å². The van der Waals surface area contributed by atoms with Gasteiger partial charge in [0, 0.05) is 16.8 Å². The van der Waals surface area contributed by atoms with Crippen molar-refractivity contribution in [1.29, 1.82) is 0 Å². The summed E-state index contributed by atoms with van der Waals surface area (Å²) in [6, 6.07) is 14.5. The third kappa shape index (κ3) is 4.54. The Balaban J connectivity index is 1.91. The minimum absolute atomic E-state index is 0.420. The smallest absolute Gasteiger partial charge is 0.339 e. The van der Waals surface area contributed by atoms with E-state index in [0.717, 1.165) is 11.3 Å². The van der Waals surface area contributed by atoms with Crippen LogP contribution in [0.4, 0.5) is 23.0 Å². The van der Waals surface area contributed by atoms with Gasteiger partial charge in [-0.05, 0) is 43.7 Å². The first-order valence-corrected chi connectivity index (χ1v) is 8.67. The number of hydrogen-bond donors (Lipinski definition) is 2. The van der Waals surface area contributed by atoms with Crippen LogP contribution in [0.2, 0.25) is 5.02 Å². The molecule has 0 aliphatic heterocycles. The molecule has 0 saturated heterocycles. The van der Waals surface area contributed by atoms with Crippen LogP contribution in [0.5, 0.6) is 0 Å². The fraction of sp³-hybridized carbons (Fsp3) is 0.150. The fourth-order valence-electron chi connectivity index (χ4n) is 2.58. The SMILES string of the molecule is COC(=O)c1ccccc1Nc1cc(Nc2cc(Cl)ccc2C)nc(C)n1. The molecular weight excluding hydrogens is 364 g/mol. The molecular formula is C20H19ClN4O2. The first-order valence-electron chi connectivity index (χ1n) is 8.29. The number of anilines is 4. The van der Waals surface area contributed by atoms with Crippen LogP contribution in [-0.2, 0) is 4.74 Å². The molecule has 7 heteroatoms. The fourth-order valence-corrected chi connectivity index (χ4v) is 2.75. The molecule has 0 fully saturated rings. The molecule has 138 valence electrons. The largest absolute Gasteiger partial charge is 0.465 e. The van der Waals surface area contributed by atoms with Crippen molar-refractivity contribution in [2.24, 2.45) is 0 Å². The Hall–Kier alpha value is -3.12. The lowest BCUT2D eigenvalue weighted by molar-refractivity contribution is 0.0602. The van der Waals surface area contributed by atoms with Gasteiger partial charge in [0.2, 0.25) is 0 Å². The number of esters is 1. The van der Waals surface area contributed by atoms with Gasteiger partial charge < -0.3 is 15.4 Å². The molecule has 0 aliphatic carbocycles. The van der Waals surface area contributed by atoms with Gasteiger partial charge in [-0.25, -0.2) is 14.8 Å². The lowest BCUT2D eigenvalue weighted by Crippen LogP contribution is -2.07. The van der Waals surface area contributed by atoms with Crippen LogP contribution in [0.3, 0.4) is 0 Å². The Morgan fingerprint density at radius 2 is 1.63 bits per heavy atom. The maximum Gasteiger partial charge on any atom is 0.339 e. The summed E-state index contributed by atoms with van der Waals surface area (Å²) in [6.07, 6.45) is 0. The van der Waals surface area contributed by atoms with Crippen molar-refractivity contribution in [2.45, 2.75) is 13.8 Å². The summed E-state index contributed by atoms with van der Waals surface area (Å²) >= 11 is 6.08. The lowest BCUT2D eigenvalue weighted by atomic mass is 10.2. The van der Waals surface area contributed by atoms with Crippen molar-refractivity contribution >= 4 is 40.6 Å². The minimum atomic E-state index is -0.420. The van der Waals surface area contributed by atoms with Gasteiger partial charge in [-0.1, -0.05) is 29.8 Å². The summed E-state index contributed by atoms with van der Waals surface area (Å²) in [5, 5.41) is 7.06. The van der Waals surface area contributed by atoms with Crippen molar-refractivity contribution in [3.63, 3.8) is 0 Å². The molecule has 0 atom stereocenters. The molecule has 3 aromatic rings. The number of methoxy groups -OCH3 is 1. The molecule has 0 bridgehead atoms. The third-order valence-corrected chi connectivity index (χ3v) is 4.13. The van der Waals surface area contributed by atoms with E-state index in [-0.39, 0.29) is 0 Å². The number of rotatable bonds is 5. The Kier molecular flexibility index (Phi) is 5.57. The molecule has 1 heterocycles. The van der Waals surface area contributed by atoms with Crippen molar-refractivity contribution < 1.29 is 9.53 Å². The summed E-state index contributed by atoms with van der Waals surface area (Å²) in [4.78, 5) is 20.8. The number of benzene rings is 2. The molecule has 3 rings (SSSR count). The Bertz CT molecular complexity index is 991. The highest BCUT2D eigenvalue weighted by atomic mass is 35.5. The van der Waals surface area contributed by atoms with E-state index in [4.69, 9.17) is 16.3 Å². The summed E-state index contributed by atoms with van der Waals surface area (Å²) < 4.78 is 4.83. The zero-order chi connectivity index (χ0) is 19.4. The van der Waals surface area contributed by atoms with Crippen molar-refractivity contribution in [3.05, 3.63) is 70.5 Å². The number of nitrogens with one attached hydrogen (secondary N) is 2. The van der Waals surface area contributed by atoms with Gasteiger partial charge in [0.25, 0.3) is 0 Å². The third-order valence-electron chi connectivity index (χ3n) is 3.90. The van der Waals surface area contributed by atoms with E-state index in [0.29, 0.717) is 33.7 Å². The van der Waals surface area contributed by atoms with Crippen LogP contribution in [0, 0.1) is 13.8 Å². The van der Waals surface area contributed by atoms with Crippen LogP contribution in [0.25, 0.3) is 0 Å². The topological polar surface area (TPSA) is 76.1 Å². The van der Waals surface area contributed by atoms with Gasteiger partial charge in [-0.15, -0.1) is 0 Å². The molecule has 27 heavy (non-hydrogen) atoms. The maximum absolute atomic E-state index is 11.9. The average molecular weight is 383 g/mol. The number of halogens is 1. The standard InChI is InChI=1S/C20H19ClN4O2/c1-12-8-9-14(21)10-17(12)25-19-11-18(22-13(2)23-19)24-16-7-5-4-6-15(16)20(26)27-3/h4-11H,1-3H3,(H2,22,23,24,25). The van der Waals surface area contributed by atoms with E-state index in [1.165, 1.54) is 7.11 Å². The second-order valence-corrected chi connectivity index (χ2v) is 6.37. The van der Waals surface area contributed by atoms with Crippen LogP contribution in [-0.4, -0.2) is 23.0 Å². The molecule has 1 aromatic heterocycles. The number of aromatic nitrogens is 2. The maximum atomic E-state index is 11.9. The highest BCUT2D eigenvalue weighted by molar-refractivity contribution is 6.30.